The molecule has 0 fully saturated rings. The van der Waals surface area contributed by atoms with Crippen LogP contribution in [0.4, 0.5) is 5.95 Å². The fraction of sp³-hybridized carbons (Fsp3) is 0.0714. The first-order chi connectivity index (χ1) is 9.72. The van der Waals surface area contributed by atoms with Gasteiger partial charge in [0.15, 0.2) is 0 Å². The summed E-state index contributed by atoms with van der Waals surface area (Å²) in [6.45, 7) is 0. The molecule has 100 valence electrons. The molecule has 2 heterocycles. The Hall–Kier alpha value is -2.40. The van der Waals surface area contributed by atoms with Crippen molar-refractivity contribution in [1.82, 2.24) is 20.2 Å². The van der Waals surface area contributed by atoms with E-state index in [0.29, 0.717) is 10.8 Å². The summed E-state index contributed by atoms with van der Waals surface area (Å²) in [4.78, 5) is 8.03. The molecule has 0 atom stereocenters. The van der Waals surface area contributed by atoms with E-state index in [4.69, 9.17) is 17.3 Å². The molecule has 3 rings (SSSR count). The zero-order valence-corrected chi connectivity index (χ0v) is 11.3. The summed E-state index contributed by atoms with van der Waals surface area (Å²) in [7, 11) is 0. The number of nitrogens with zero attached hydrogens (tertiary/aromatic N) is 3. The van der Waals surface area contributed by atoms with Crippen LogP contribution >= 0.6 is 11.6 Å². The minimum absolute atomic E-state index is 0.140. The summed E-state index contributed by atoms with van der Waals surface area (Å²) in [6, 6.07) is 11.8. The third-order valence-electron chi connectivity index (χ3n) is 2.91. The van der Waals surface area contributed by atoms with Gasteiger partial charge in [0.1, 0.15) is 10.8 Å². The molecule has 2 aromatic heterocycles. The first-order valence-corrected chi connectivity index (χ1v) is 6.47. The van der Waals surface area contributed by atoms with Gasteiger partial charge in [0.2, 0.25) is 5.95 Å². The number of nitrogens with two attached hydrogens (primary N) is 1. The van der Waals surface area contributed by atoms with E-state index < -0.39 is 0 Å². The van der Waals surface area contributed by atoms with E-state index in [1.54, 1.807) is 6.07 Å². The highest BCUT2D eigenvalue weighted by atomic mass is 35.5. The maximum absolute atomic E-state index is 5.91. The molecule has 5 nitrogen and oxygen atoms in total. The number of H-pyrrole nitrogens is 1. The number of aromatic nitrogens is 4. The zero-order chi connectivity index (χ0) is 13.9. The van der Waals surface area contributed by atoms with Gasteiger partial charge in [-0.15, -0.1) is 0 Å². The number of nitrogens with one attached hydrogen (secondary N) is 1. The molecule has 0 aliphatic rings. The summed E-state index contributed by atoms with van der Waals surface area (Å²) in [5.41, 5.74) is 9.21. The molecule has 0 radical (unpaired) electrons. The number of halogens is 1. The lowest BCUT2D eigenvalue weighted by molar-refractivity contribution is 1.08. The molecular weight excluding hydrogens is 274 g/mol. The lowest BCUT2D eigenvalue weighted by atomic mass is 10.0. The monoisotopic (exact) mass is 285 g/mol. The Balaban J connectivity index is 1.98. The summed E-state index contributed by atoms with van der Waals surface area (Å²) < 4.78 is 0. The van der Waals surface area contributed by atoms with Gasteiger partial charge >= 0.3 is 0 Å². The van der Waals surface area contributed by atoms with Crippen molar-refractivity contribution >= 4 is 17.5 Å². The van der Waals surface area contributed by atoms with Gasteiger partial charge in [-0.1, -0.05) is 41.9 Å². The van der Waals surface area contributed by atoms with Gasteiger partial charge in [0.05, 0.1) is 5.69 Å². The molecule has 0 saturated carbocycles. The summed E-state index contributed by atoms with van der Waals surface area (Å²) in [6.07, 6.45) is 2.61. The van der Waals surface area contributed by atoms with E-state index >= 15 is 0 Å². The highest BCUT2D eigenvalue weighted by Gasteiger charge is 2.12. The maximum Gasteiger partial charge on any atom is 0.222 e. The maximum atomic E-state index is 5.91. The normalized spacial score (nSPS) is 10.7. The van der Waals surface area contributed by atoms with Gasteiger partial charge in [-0.2, -0.15) is 5.10 Å². The summed E-state index contributed by atoms with van der Waals surface area (Å²) in [5.74, 6) is 0.140. The number of aromatic amines is 1. The number of hydrogen-bond acceptors (Lipinski definition) is 4. The number of nitrogen functional groups attached to an aromatic ring is 1. The van der Waals surface area contributed by atoms with Crippen LogP contribution < -0.4 is 5.73 Å². The second-order valence-corrected chi connectivity index (χ2v) is 4.74. The highest BCUT2D eigenvalue weighted by Crippen LogP contribution is 2.24. The Morgan fingerprint density at radius 2 is 1.95 bits per heavy atom. The number of rotatable bonds is 3. The van der Waals surface area contributed by atoms with Crippen molar-refractivity contribution in [2.24, 2.45) is 0 Å². The van der Waals surface area contributed by atoms with Crippen LogP contribution in [-0.4, -0.2) is 20.2 Å². The van der Waals surface area contributed by atoms with Gasteiger partial charge in [-0.05, 0) is 5.56 Å². The SMILES string of the molecule is Nc1nc(Cl)cc(-c2n[nH]cc2Cc2ccccc2)n1. The zero-order valence-electron chi connectivity index (χ0n) is 10.5. The van der Waals surface area contributed by atoms with E-state index in [-0.39, 0.29) is 5.95 Å². The molecule has 6 heteroatoms. The van der Waals surface area contributed by atoms with Gasteiger partial charge < -0.3 is 5.73 Å². The first-order valence-electron chi connectivity index (χ1n) is 6.09. The van der Waals surface area contributed by atoms with Crippen LogP contribution in [0.1, 0.15) is 11.1 Å². The van der Waals surface area contributed by atoms with Gasteiger partial charge in [-0.25, -0.2) is 9.97 Å². The molecule has 0 amide bonds. The molecule has 0 unspecified atom stereocenters. The van der Waals surface area contributed by atoms with Crippen LogP contribution in [0.15, 0.2) is 42.6 Å². The average Bonchev–Trinajstić information content (AvgIpc) is 2.87. The summed E-state index contributed by atoms with van der Waals surface area (Å²) in [5, 5.41) is 7.40. The van der Waals surface area contributed by atoms with E-state index in [1.807, 2.05) is 24.4 Å². The van der Waals surface area contributed by atoms with Crippen molar-refractivity contribution in [3.05, 3.63) is 58.9 Å². The summed E-state index contributed by atoms with van der Waals surface area (Å²) >= 11 is 5.91. The average molecular weight is 286 g/mol. The lowest BCUT2D eigenvalue weighted by Gasteiger charge is -2.03. The van der Waals surface area contributed by atoms with Crippen molar-refractivity contribution in [2.75, 3.05) is 5.73 Å². The van der Waals surface area contributed by atoms with Crippen LogP contribution in [0.5, 0.6) is 0 Å². The smallest absolute Gasteiger partial charge is 0.222 e. The second-order valence-electron chi connectivity index (χ2n) is 4.36. The first kappa shape index (κ1) is 12.6. The van der Waals surface area contributed by atoms with Crippen molar-refractivity contribution in [1.29, 1.82) is 0 Å². The number of hydrogen-bond donors (Lipinski definition) is 2. The molecule has 0 aliphatic heterocycles. The molecule has 0 spiro atoms. The molecule has 3 aromatic rings. The standard InChI is InChI=1S/C14H12ClN5/c15-12-7-11(18-14(16)19-12)13-10(8-17-20-13)6-9-4-2-1-3-5-9/h1-5,7-8H,6H2,(H,17,20)(H2,16,18,19). The molecule has 0 saturated heterocycles. The molecular formula is C14H12ClN5. The Labute approximate surface area is 120 Å². The Morgan fingerprint density at radius 1 is 1.15 bits per heavy atom. The van der Waals surface area contributed by atoms with Crippen molar-refractivity contribution in [2.45, 2.75) is 6.42 Å². The lowest BCUT2D eigenvalue weighted by Crippen LogP contribution is -1.98. The Bertz CT molecular complexity index is 703. The molecule has 20 heavy (non-hydrogen) atoms. The van der Waals surface area contributed by atoms with Crippen LogP contribution in [0, 0.1) is 0 Å². The molecule has 3 N–H and O–H groups in total. The predicted molar refractivity (Wildman–Crippen MR) is 78.3 cm³/mol. The van der Waals surface area contributed by atoms with Crippen molar-refractivity contribution < 1.29 is 0 Å². The minimum atomic E-state index is 0.140. The van der Waals surface area contributed by atoms with Crippen LogP contribution in [0.2, 0.25) is 5.15 Å². The van der Waals surface area contributed by atoms with Gasteiger partial charge in [-0.3, -0.25) is 5.10 Å². The Kier molecular flexibility index (Phi) is 3.35. The largest absolute Gasteiger partial charge is 0.368 e. The fourth-order valence-electron chi connectivity index (χ4n) is 2.04. The molecule has 0 aliphatic carbocycles. The topological polar surface area (TPSA) is 80.5 Å². The number of anilines is 1. The van der Waals surface area contributed by atoms with E-state index in [2.05, 4.69) is 32.3 Å². The fourth-order valence-corrected chi connectivity index (χ4v) is 2.23. The minimum Gasteiger partial charge on any atom is -0.368 e. The van der Waals surface area contributed by atoms with E-state index in [0.717, 1.165) is 17.7 Å². The van der Waals surface area contributed by atoms with Gasteiger partial charge in [0.25, 0.3) is 0 Å². The van der Waals surface area contributed by atoms with Crippen molar-refractivity contribution in [3.63, 3.8) is 0 Å². The van der Waals surface area contributed by atoms with Crippen LogP contribution in [0.3, 0.4) is 0 Å². The van der Waals surface area contributed by atoms with Crippen LogP contribution in [-0.2, 0) is 6.42 Å². The van der Waals surface area contributed by atoms with Crippen molar-refractivity contribution in [3.8, 4) is 11.4 Å². The third kappa shape index (κ3) is 2.62. The number of benzene rings is 1. The predicted octanol–water partition coefficient (Wildman–Crippen LogP) is 2.69. The van der Waals surface area contributed by atoms with Gasteiger partial charge in [0, 0.05) is 24.2 Å². The van der Waals surface area contributed by atoms with Crippen LogP contribution in [0.25, 0.3) is 11.4 Å². The molecule has 1 aromatic carbocycles. The third-order valence-corrected chi connectivity index (χ3v) is 3.11. The second kappa shape index (κ2) is 5.30. The highest BCUT2D eigenvalue weighted by molar-refractivity contribution is 6.29. The quantitative estimate of drug-likeness (QED) is 0.725. The molecule has 0 bridgehead atoms. The van der Waals surface area contributed by atoms with E-state index in [1.165, 1.54) is 5.56 Å². The Morgan fingerprint density at radius 3 is 2.70 bits per heavy atom. The van der Waals surface area contributed by atoms with E-state index in [9.17, 15) is 0 Å².